The molecule has 0 aliphatic carbocycles. The molecule has 116 valence electrons. The molecule has 1 atom stereocenters. The number of hydrogen-bond donors (Lipinski definition) is 1. The lowest BCUT2D eigenvalue weighted by molar-refractivity contribution is -0.135. The van der Waals surface area contributed by atoms with E-state index in [1.807, 2.05) is 42.5 Å². The minimum atomic E-state index is -1.17. The summed E-state index contributed by atoms with van der Waals surface area (Å²) < 4.78 is 0. The molecular formula is C18H20ClNO2. The van der Waals surface area contributed by atoms with Crippen LogP contribution >= 0.6 is 11.6 Å². The Kier molecular flexibility index (Phi) is 5.22. The van der Waals surface area contributed by atoms with Crippen LogP contribution in [0.15, 0.2) is 54.6 Å². The summed E-state index contributed by atoms with van der Waals surface area (Å²) in [6.07, 6.45) is 0.0428. The topological polar surface area (TPSA) is 40.5 Å². The van der Waals surface area contributed by atoms with Crippen molar-refractivity contribution < 1.29 is 9.90 Å². The van der Waals surface area contributed by atoms with E-state index in [0.29, 0.717) is 11.6 Å². The molecule has 4 heteroatoms. The van der Waals surface area contributed by atoms with E-state index in [1.165, 1.54) is 0 Å². The van der Waals surface area contributed by atoms with Gasteiger partial charge in [0.25, 0.3) is 0 Å². The zero-order chi connectivity index (χ0) is 16.2. The first kappa shape index (κ1) is 16.5. The number of carbonyl (C=O) groups excluding carboxylic acids is 1. The molecule has 1 amide bonds. The third kappa shape index (κ3) is 4.33. The summed E-state index contributed by atoms with van der Waals surface area (Å²) in [7, 11) is 1.73. The van der Waals surface area contributed by atoms with Crippen molar-refractivity contribution in [2.24, 2.45) is 0 Å². The lowest BCUT2D eigenvalue weighted by Crippen LogP contribution is -2.34. The Morgan fingerprint density at radius 1 is 1.14 bits per heavy atom. The van der Waals surface area contributed by atoms with Gasteiger partial charge in [0.1, 0.15) is 0 Å². The zero-order valence-corrected chi connectivity index (χ0v) is 13.5. The highest BCUT2D eigenvalue weighted by atomic mass is 35.5. The highest BCUT2D eigenvalue weighted by Crippen LogP contribution is 2.25. The van der Waals surface area contributed by atoms with Gasteiger partial charge in [-0.3, -0.25) is 4.79 Å². The smallest absolute Gasteiger partial charge is 0.225 e. The molecule has 1 N–H and O–H groups in total. The predicted octanol–water partition coefficient (Wildman–Crippen LogP) is 3.60. The van der Waals surface area contributed by atoms with Crippen LogP contribution in [0.2, 0.25) is 5.02 Å². The van der Waals surface area contributed by atoms with Crippen LogP contribution in [0.25, 0.3) is 0 Å². The summed E-state index contributed by atoms with van der Waals surface area (Å²) in [5.41, 5.74) is 0.565. The summed E-state index contributed by atoms with van der Waals surface area (Å²) in [6.45, 7) is 2.15. The van der Waals surface area contributed by atoms with Gasteiger partial charge in [0.15, 0.2) is 0 Å². The average molecular weight is 318 g/mol. The Morgan fingerprint density at radius 3 is 2.32 bits per heavy atom. The molecule has 0 bridgehead atoms. The molecule has 1 unspecified atom stereocenters. The van der Waals surface area contributed by atoms with E-state index >= 15 is 0 Å². The van der Waals surface area contributed by atoms with Gasteiger partial charge in [0.05, 0.1) is 12.0 Å². The van der Waals surface area contributed by atoms with Crippen LogP contribution in [-0.2, 0) is 16.9 Å². The van der Waals surface area contributed by atoms with E-state index in [-0.39, 0.29) is 12.3 Å². The van der Waals surface area contributed by atoms with Gasteiger partial charge in [0.2, 0.25) is 5.91 Å². The SMILES string of the molecule is CN(Cc1ccc(Cl)cc1)C(=O)CC(C)(O)c1ccccc1. The van der Waals surface area contributed by atoms with Gasteiger partial charge in [-0.15, -0.1) is 0 Å². The summed E-state index contributed by atoms with van der Waals surface area (Å²) >= 11 is 5.85. The molecule has 0 heterocycles. The third-order valence-corrected chi connectivity index (χ3v) is 3.90. The van der Waals surface area contributed by atoms with Crippen LogP contribution in [-0.4, -0.2) is 23.0 Å². The van der Waals surface area contributed by atoms with Crippen LogP contribution in [0, 0.1) is 0 Å². The van der Waals surface area contributed by atoms with Crippen molar-refractivity contribution in [3.8, 4) is 0 Å². The fourth-order valence-electron chi connectivity index (χ4n) is 2.28. The number of hydrogen-bond acceptors (Lipinski definition) is 2. The third-order valence-electron chi connectivity index (χ3n) is 3.65. The van der Waals surface area contributed by atoms with E-state index < -0.39 is 5.60 Å². The van der Waals surface area contributed by atoms with Crippen molar-refractivity contribution in [1.82, 2.24) is 4.90 Å². The average Bonchev–Trinajstić information content (AvgIpc) is 2.50. The Morgan fingerprint density at radius 2 is 1.73 bits per heavy atom. The number of nitrogens with zero attached hydrogens (tertiary/aromatic N) is 1. The van der Waals surface area contributed by atoms with Crippen LogP contribution in [0.1, 0.15) is 24.5 Å². The molecule has 0 aliphatic rings. The first-order valence-electron chi connectivity index (χ1n) is 7.15. The van der Waals surface area contributed by atoms with E-state index in [0.717, 1.165) is 11.1 Å². The summed E-state index contributed by atoms with van der Waals surface area (Å²) in [5, 5.41) is 11.2. The fraction of sp³-hybridized carbons (Fsp3) is 0.278. The van der Waals surface area contributed by atoms with Gasteiger partial charge in [-0.05, 0) is 30.2 Å². The van der Waals surface area contributed by atoms with E-state index in [1.54, 1.807) is 31.0 Å². The fourth-order valence-corrected chi connectivity index (χ4v) is 2.41. The molecule has 2 aromatic rings. The van der Waals surface area contributed by atoms with Crippen molar-refractivity contribution in [3.05, 3.63) is 70.7 Å². The van der Waals surface area contributed by atoms with Crippen molar-refractivity contribution in [2.45, 2.75) is 25.5 Å². The predicted molar refractivity (Wildman–Crippen MR) is 88.6 cm³/mol. The van der Waals surface area contributed by atoms with Crippen molar-refractivity contribution in [1.29, 1.82) is 0 Å². The highest BCUT2D eigenvalue weighted by molar-refractivity contribution is 6.30. The number of aliphatic hydroxyl groups is 1. The molecule has 3 nitrogen and oxygen atoms in total. The van der Waals surface area contributed by atoms with Crippen LogP contribution in [0.5, 0.6) is 0 Å². The highest BCUT2D eigenvalue weighted by Gasteiger charge is 2.27. The summed E-state index contributed by atoms with van der Waals surface area (Å²) in [6, 6.07) is 16.6. The second kappa shape index (κ2) is 6.95. The van der Waals surface area contributed by atoms with Gasteiger partial charge in [-0.1, -0.05) is 54.1 Å². The Hall–Kier alpha value is -1.84. The lowest BCUT2D eigenvalue weighted by atomic mass is 9.92. The largest absolute Gasteiger partial charge is 0.385 e. The Bertz CT molecular complexity index is 623. The van der Waals surface area contributed by atoms with Crippen LogP contribution in [0.4, 0.5) is 0 Å². The van der Waals surface area contributed by atoms with E-state index in [2.05, 4.69) is 0 Å². The minimum absolute atomic E-state index is 0.0428. The number of carbonyl (C=O) groups is 1. The molecule has 0 aliphatic heterocycles. The Balaban J connectivity index is 2.00. The second-order valence-electron chi connectivity index (χ2n) is 5.69. The first-order chi connectivity index (χ1) is 10.4. The van der Waals surface area contributed by atoms with Crippen molar-refractivity contribution in [3.63, 3.8) is 0 Å². The van der Waals surface area contributed by atoms with Gasteiger partial charge in [-0.2, -0.15) is 0 Å². The monoisotopic (exact) mass is 317 g/mol. The van der Waals surface area contributed by atoms with E-state index in [9.17, 15) is 9.90 Å². The van der Waals surface area contributed by atoms with Crippen molar-refractivity contribution in [2.75, 3.05) is 7.05 Å². The maximum absolute atomic E-state index is 12.3. The van der Waals surface area contributed by atoms with Gasteiger partial charge < -0.3 is 10.0 Å². The van der Waals surface area contributed by atoms with Crippen molar-refractivity contribution >= 4 is 17.5 Å². The summed E-state index contributed by atoms with van der Waals surface area (Å²) in [4.78, 5) is 14.0. The van der Waals surface area contributed by atoms with Gasteiger partial charge >= 0.3 is 0 Å². The number of halogens is 1. The molecule has 0 radical (unpaired) electrons. The molecule has 0 aromatic heterocycles. The molecule has 2 rings (SSSR count). The normalized spacial score (nSPS) is 13.5. The maximum Gasteiger partial charge on any atom is 0.225 e. The molecule has 0 saturated heterocycles. The number of rotatable bonds is 5. The molecule has 0 fully saturated rings. The molecule has 0 saturated carbocycles. The molecular weight excluding hydrogens is 298 g/mol. The quantitative estimate of drug-likeness (QED) is 0.915. The van der Waals surface area contributed by atoms with Gasteiger partial charge in [-0.25, -0.2) is 0 Å². The summed E-state index contributed by atoms with van der Waals surface area (Å²) in [5.74, 6) is -0.108. The first-order valence-corrected chi connectivity index (χ1v) is 7.52. The van der Waals surface area contributed by atoms with Gasteiger partial charge in [0, 0.05) is 18.6 Å². The van der Waals surface area contributed by atoms with Crippen LogP contribution < -0.4 is 0 Å². The van der Waals surface area contributed by atoms with Crippen LogP contribution in [0.3, 0.4) is 0 Å². The maximum atomic E-state index is 12.3. The molecule has 22 heavy (non-hydrogen) atoms. The second-order valence-corrected chi connectivity index (χ2v) is 6.13. The lowest BCUT2D eigenvalue weighted by Gasteiger charge is -2.26. The van der Waals surface area contributed by atoms with E-state index in [4.69, 9.17) is 11.6 Å². The minimum Gasteiger partial charge on any atom is -0.385 e. The molecule has 2 aromatic carbocycles. The number of benzene rings is 2. The standard InChI is InChI=1S/C18H20ClNO2/c1-18(22,15-6-4-3-5-7-15)12-17(21)20(2)13-14-8-10-16(19)11-9-14/h3-11,22H,12-13H2,1-2H3. The molecule has 0 spiro atoms. The number of amides is 1. The Labute approximate surface area is 136 Å². The zero-order valence-electron chi connectivity index (χ0n) is 12.8.